The molecule has 92 valence electrons. The van der Waals surface area contributed by atoms with E-state index in [1.165, 1.54) is 0 Å². The van der Waals surface area contributed by atoms with Gasteiger partial charge in [0.25, 0.3) is 5.91 Å². The van der Waals surface area contributed by atoms with Gasteiger partial charge in [0.15, 0.2) is 5.65 Å². The van der Waals surface area contributed by atoms with Gasteiger partial charge in [0.1, 0.15) is 0 Å². The maximum Gasteiger partial charge on any atom is 0.252 e. The highest BCUT2D eigenvalue weighted by atomic mass is 35.5. The number of aromatic nitrogens is 2. The Morgan fingerprint density at radius 2 is 2.22 bits per heavy atom. The van der Waals surface area contributed by atoms with Crippen LogP contribution in [-0.2, 0) is 0 Å². The van der Waals surface area contributed by atoms with Crippen molar-refractivity contribution in [2.45, 2.75) is 18.8 Å². The molecule has 0 aromatic carbocycles. The molecule has 1 aliphatic rings. The minimum absolute atomic E-state index is 0.160. The topological polar surface area (TPSA) is 54.9 Å². The predicted octanol–water partition coefficient (Wildman–Crippen LogP) is 2.52. The SMILES string of the molecule is CNC(=O)c1cnc2nc(C3CC3)c(Cl)cc2c1. The normalized spacial score (nSPS) is 14.8. The maximum atomic E-state index is 11.5. The van der Waals surface area contributed by atoms with E-state index in [1.54, 1.807) is 19.3 Å². The minimum atomic E-state index is -0.160. The number of hydrogen-bond acceptors (Lipinski definition) is 3. The number of pyridine rings is 2. The van der Waals surface area contributed by atoms with Crippen LogP contribution in [0, 0.1) is 0 Å². The summed E-state index contributed by atoms with van der Waals surface area (Å²) in [6, 6.07) is 3.60. The average Bonchev–Trinajstić information content (AvgIpc) is 3.20. The molecular formula is C13H12ClN3O. The third-order valence-corrected chi connectivity index (χ3v) is 3.40. The Morgan fingerprint density at radius 1 is 1.44 bits per heavy atom. The molecule has 0 radical (unpaired) electrons. The van der Waals surface area contributed by atoms with Gasteiger partial charge in [-0.05, 0) is 25.0 Å². The summed E-state index contributed by atoms with van der Waals surface area (Å²) in [6.07, 6.45) is 3.84. The number of rotatable bonds is 2. The summed E-state index contributed by atoms with van der Waals surface area (Å²) in [5.74, 6) is 0.328. The third-order valence-electron chi connectivity index (χ3n) is 3.10. The Hall–Kier alpha value is -1.68. The molecule has 3 rings (SSSR count). The fraction of sp³-hybridized carbons (Fsp3) is 0.308. The fourth-order valence-electron chi connectivity index (χ4n) is 1.96. The number of carbonyl (C=O) groups excluding carboxylic acids is 1. The molecule has 18 heavy (non-hydrogen) atoms. The number of halogens is 1. The molecule has 1 N–H and O–H groups in total. The number of amides is 1. The van der Waals surface area contributed by atoms with Crippen LogP contribution in [0.2, 0.25) is 5.02 Å². The monoisotopic (exact) mass is 261 g/mol. The van der Waals surface area contributed by atoms with Gasteiger partial charge >= 0.3 is 0 Å². The second-order valence-electron chi connectivity index (χ2n) is 4.48. The summed E-state index contributed by atoms with van der Waals surface area (Å²) in [5.41, 5.74) is 2.10. The lowest BCUT2D eigenvalue weighted by atomic mass is 10.1. The molecule has 0 saturated heterocycles. The second-order valence-corrected chi connectivity index (χ2v) is 4.89. The first-order chi connectivity index (χ1) is 8.69. The van der Waals surface area contributed by atoms with Crippen molar-refractivity contribution in [1.29, 1.82) is 0 Å². The summed E-state index contributed by atoms with van der Waals surface area (Å²) < 4.78 is 0. The van der Waals surface area contributed by atoms with Gasteiger partial charge in [-0.3, -0.25) is 4.79 Å². The van der Waals surface area contributed by atoms with Crippen molar-refractivity contribution >= 4 is 28.5 Å². The molecule has 2 heterocycles. The van der Waals surface area contributed by atoms with Crippen LogP contribution in [0.5, 0.6) is 0 Å². The van der Waals surface area contributed by atoms with E-state index in [-0.39, 0.29) is 5.91 Å². The zero-order valence-corrected chi connectivity index (χ0v) is 10.7. The average molecular weight is 262 g/mol. The molecule has 0 aliphatic heterocycles. The minimum Gasteiger partial charge on any atom is -0.355 e. The smallest absolute Gasteiger partial charge is 0.252 e. The first-order valence-corrected chi connectivity index (χ1v) is 6.25. The molecule has 1 amide bonds. The van der Waals surface area contributed by atoms with Crippen LogP contribution in [0.15, 0.2) is 18.3 Å². The van der Waals surface area contributed by atoms with Crippen LogP contribution in [0.4, 0.5) is 0 Å². The van der Waals surface area contributed by atoms with Crippen molar-refractivity contribution in [3.8, 4) is 0 Å². The molecule has 0 spiro atoms. The highest BCUT2D eigenvalue weighted by molar-refractivity contribution is 6.32. The largest absolute Gasteiger partial charge is 0.355 e. The lowest BCUT2D eigenvalue weighted by Gasteiger charge is -2.05. The lowest BCUT2D eigenvalue weighted by Crippen LogP contribution is -2.17. The van der Waals surface area contributed by atoms with Crippen molar-refractivity contribution in [1.82, 2.24) is 15.3 Å². The molecular weight excluding hydrogens is 250 g/mol. The molecule has 0 unspecified atom stereocenters. The summed E-state index contributed by atoms with van der Waals surface area (Å²) >= 11 is 6.21. The van der Waals surface area contributed by atoms with Crippen LogP contribution in [0.1, 0.15) is 34.8 Å². The maximum absolute atomic E-state index is 11.5. The number of nitrogens with one attached hydrogen (secondary N) is 1. The summed E-state index contributed by atoms with van der Waals surface area (Å²) in [6.45, 7) is 0. The van der Waals surface area contributed by atoms with Crippen molar-refractivity contribution in [3.05, 3.63) is 34.6 Å². The number of fused-ring (bicyclic) bond motifs is 1. The Labute approximate surface area is 109 Å². The number of nitrogens with zero attached hydrogens (tertiary/aromatic N) is 2. The number of hydrogen-bond donors (Lipinski definition) is 1. The van der Waals surface area contributed by atoms with Crippen LogP contribution in [0.3, 0.4) is 0 Å². The van der Waals surface area contributed by atoms with Crippen LogP contribution >= 0.6 is 11.6 Å². The Morgan fingerprint density at radius 3 is 2.89 bits per heavy atom. The van der Waals surface area contributed by atoms with Gasteiger partial charge in [-0.2, -0.15) is 0 Å². The highest BCUT2D eigenvalue weighted by Gasteiger charge is 2.27. The van der Waals surface area contributed by atoms with Crippen LogP contribution in [0.25, 0.3) is 11.0 Å². The van der Waals surface area contributed by atoms with Crippen molar-refractivity contribution in [2.75, 3.05) is 7.05 Å². The molecule has 0 bridgehead atoms. The number of carbonyl (C=O) groups is 1. The third kappa shape index (κ3) is 1.93. The van der Waals surface area contributed by atoms with E-state index in [9.17, 15) is 4.79 Å². The van der Waals surface area contributed by atoms with E-state index in [0.717, 1.165) is 23.9 Å². The summed E-state index contributed by atoms with van der Waals surface area (Å²) in [4.78, 5) is 20.2. The molecule has 1 aliphatic carbocycles. The van der Waals surface area contributed by atoms with Crippen LogP contribution < -0.4 is 5.32 Å². The molecule has 1 saturated carbocycles. The van der Waals surface area contributed by atoms with Gasteiger partial charge < -0.3 is 5.32 Å². The molecule has 2 aromatic rings. The molecule has 4 nitrogen and oxygen atoms in total. The zero-order valence-electron chi connectivity index (χ0n) is 9.90. The van der Waals surface area contributed by atoms with Crippen molar-refractivity contribution < 1.29 is 4.79 Å². The predicted molar refractivity (Wildman–Crippen MR) is 69.9 cm³/mol. The summed E-state index contributed by atoms with van der Waals surface area (Å²) in [5, 5.41) is 4.03. The van der Waals surface area contributed by atoms with Crippen LogP contribution in [-0.4, -0.2) is 22.9 Å². The molecule has 5 heteroatoms. The Balaban J connectivity index is 2.12. The molecule has 1 fully saturated rings. The standard InChI is InChI=1S/C13H12ClN3O/c1-15-13(18)9-4-8-5-10(14)11(7-2-3-7)17-12(8)16-6-9/h4-7H,2-3H2,1H3,(H,15,18). The Bertz CT molecular complexity index is 637. The van der Waals surface area contributed by atoms with Gasteiger partial charge in [-0.25, -0.2) is 9.97 Å². The fourth-order valence-corrected chi connectivity index (χ4v) is 2.28. The van der Waals surface area contributed by atoms with E-state index in [2.05, 4.69) is 15.3 Å². The second kappa shape index (κ2) is 4.21. The van der Waals surface area contributed by atoms with Gasteiger partial charge in [-0.1, -0.05) is 11.6 Å². The molecule has 0 atom stereocenters. The first-order valence-electron chi connectivity index (χ1n) is 5.87. The van der Waals surface area contributed by atoms with E-state index >= 15 is 0 Å². The van der Waals surface area contributed by atoms with Gasteiger partial charge in [-0.15, -0.1) is 0 Å². The zero-order chi connectivity index (χ0) is 12.7. The van der Waals surface area contributed by atoms with Crippen molar-refractivity contribution in [3.63, 3.8) is 0 Å². The molecule has 2 aromatic heterocycles. The highest BCUT2D eigenvalue weighted by Crippen LogP contribution is 2.42. The quantitative estimate of drug-likeness (QED) is 0.904. The van der Waals surface area contributed by atoms with Gasteiger partial charge in [0.05, 0.1) is 16.3 Å². The van der Waals surface area contributed by atoms with E-state index < -0.39 is 0 Å². The van der Waals surface area contributed by atoms with Crippen molar-refractivity contribution in [2.24, 2.45) is 0 Å². The van der Waals surface area contributed by atoms with Gasteiger partial charge in [0.2, 0.25) is 0 Å². The van der Waals surface area contributed by atoms with E-state index in [1.807, 2.05) is 6.07 Å². The first kappa shape index (κ1) is 11.4. The lowest BCUT2D eigenvalue weighted by molar-refractivity contribution is 0.0963. The summed E-state index contributed by atoms with van der Waals surface area (Å²) in [7, 11) is 1.59. The van der Waals surface area contributed by atoms with Gasteiger partial charge in [0, 0.05) is 24.5 Å². The Kier molecular flexibility index (Phi) is 2.67. The van der Waals surface area contributed by atoms with E-state index in [4.69, 9.17) is 11.6 Å². The van der Waals surface area contributed by atoms with E-state index in [0.29, 0.717) is 22.2 Å².